The number of anilines is 1. The van der Waals surface area contributed by atoms with E-state index in [1.807, 2.05) is 0 Å². The highest BCUT2D eigenvalue weighted by molar-refractivity contribution is 7.98. The lowest BCUT2D eigenvalue weighted by atomic mass is 9.85. The Balaban J connectivity index is 1.48. The molecule has 11 heteroatoms. The lowest BCUT2D eigenvalue weighted by molar-refractivity contribution is -0.384. The van der Waals surface area contributed by atoms with Crippen LogP contribution >= 0.6 is 11.8 Å². The smallest absolute Gasteiger partial charge is 0.335 e. The Hall–Kier alpha value is -3.99. The molecule has 0 saturated heterocycles. The summed E-state index contributed by atoms with van der Waals surface area (Å²) in [6, 6.07) is 12.3. The number of aromatic nitrogens is 3. The zero-order valence-corrected chi connectivity index (χ0v) is 18.6. The molecule has 0 spiro atoms. The van der Waals surface area contributed by atoms with Crippen LogP contribution < -0.4 is 5.32 Å². The summed E-state index contributed by atoms with van der Waals surface area (Å²) in [5, 5.41) is 28.7. The van der Waals surface area contributed by atoms with E-state index in [1.54, 1.807) is 41.1 Å². The van der Waals surface area contributed by atoms with Crippen molar-refractivity contribution in [2.24, 2.45) is 0 Å². The van der Waals surface area contributed by atoms with Gasteiger partial charge in [0.05, 0.1) is 10.5 Å². The summed E-state index contributed by atoms with van der Waals surface area (Å²) in [5.74, 6) is 0.0245. The normalized spacial score (nSPS) is 17.1. The Bertz CT molecular complexity index is 1350. The number of aromatic carboxylic acids is 1. The number of carbonyl (C=O) groups is 2. The monoisotopic (exact) mass is 477 g/mol. The fourth-order valence-electron chi connectivity index (χ4n) is 4.21. The van der Waals surface area contributed by atoms with Crippen LogP contribution in [-0.4, -0.2) is 36.5 Å². The van der Waals surface area contributed by atoms with Gasteiger partial charge in [0, 0.05) is 35.6 Å². The van der Waals surface area contributed by atoms with Gasteiger partial charge in [0.15, 0.2) is 5.78 Å². The Morgan fingerprint density at radius 1 is 1.24 bits per heavy atom. The van der Waals surface area contributed by atoms with Gasteiger partial charge in [-0.2, -0.15) is 4.98 Å². The number of hydrogen-bond acceptors (Lipinski definition) is 8. The third-order valence-electron chi connectivity index (χ3n) is 5.81. The first kappa shape index (κ1) is 21.8. The summed E-state index contributed by atoms with van der Waals surface area (Å²) in [6.45, 7) is 0. The lowest BCUT2D eigenvalue weighted by Gasteiger charge is -2.32. The number of Topliss-reactive ketones (excluding diaryl/α,β-unsaturated/α-hetero) is 1. The number of hydrogen-bond donors (Lipinski definition) is 2. The minimum Gasteiger partial charge on any atom is -0.478 e. The van der Waals surface area contributed by atoms with Gasteiger partial charge in [-0.25, -0.2) is 9.48 Å². The molecule has 0 radical (unpaired) electrons. The molecule has 172 valence electrons. The summed E-state index contributed by atoms with van der Waals surface area (Å²) in [4.78, 5) is 39.4. The van der Waals surface area contributed by atoms with Crippen LogP contribution in [-0.2, 0) is 10.5 Å². The third kappa shape index (κ3) is 4.05. The highest BCUT2D eigenvalue weighted by Crippen LogP contribution is 2.41. The van der Waals surface area contributed by atoms with Crippen molar-refractivity contribution >= 4 is 35.2 Å². The number of non-ortho nitro benzene ring substituents is 1. The number of carboxylic acid groups (broad SMARTS) is 1. The molecule has 2 heterocycles. The van der Waals surface area contributed by atoms with Crippen LogP contribution in [0, 0.1) is 10.1 Å². The molecule has 34 heavy (non-hydrogen) atoms. The minimum atomic E-state index is -0.980. The van der Waals surface area contributed by atoms with Gasteiger partial charge in [0.2, 0.25) is 11.1 Å². The van der Waals surface area contributed by atoms with E-state index >= 15 is 0 Å². The predicted molar refractivity (Wildman–Crippen MR) is 124 cm³/mol. The molecule has 1 aliphatic heterocycles. The van der Waals surface area contributed by atoms with Crippen molar-refractivity contribution in [1.82, 2.24) is 14.8 Å². The molecule has 0 bridgehead atoms. The van der Waals surface area contributed by atoms with E-state index in [2.05, 4.69) is 15.4 Å². The molecule has 3 aromatic rings. The van der Waals surface area contributed by atoms with Crippen LogP contribution in [0.1, 0.15) is 46.8 Å². The molecule has 10 nitrogen and oxygen atoms in total. The van der Waals surface area contributed by atoms with Gasteiger partial charge in [0.25, 0.3) is 5.69 Å². The van der Waals surface area contributed by atoms with Gasteiger partial charge < -0.3 is 10.4 Å². The minimum absolute atomic E-state index is 0.000806. The number of rotatable bonds is 6. The van der Waals surface area contributed by atoms with E-state index in [0.29, 0.717) is 40.8 Å². The van der Waals surface area contributed by atoms with Crippen molar-refractivity contribution in [1.29, 1.82) is 0 Å². The topological polar surface area (TPSA) is 140 Å². The predicted octanol–water partition coefficient (Wildman–Crippen LogP) is 4.20. The standard InChI is InChI=1S/C23H19N5O5S/c29-18-6-2-5-17-19(18)20(15-3-1-4-16(11-15)28(32)33)27-22(24-17)25-23(26-27)34-12-13-7-9-14(10-8-13)21(30)31/h1,3-4,7-11,20H,2,5-6,12H2,(H,30,31)(H,24,25,26)/t20-/m1/s1. The number of fused-ring (bicyclic) bond motifs is 1. The second-order valence-corrected chi connectivity index (χ2v) is 8.94. The molecule has 0 fully saturated rings. The number of thioether (sulfide) groups is 1. The van der Waals surface area contributed by atoms with Crippen molar-refractivity contribution in [3.05, 3.63) is 86.6 Å². The van der Waals surface area contributed by atoms with Crippen molar-refractivity contribution in [2.75, 3.05) is 5.32 Å². The third-order valence-corrected chi connectivity index (χ3v) is 6.72. The fraction of sp³-hybridized carbons (Fsp3) is 0.217. The maximum atomic E-state index is 12.9. The number of nitrogens with zero attached hydrogens (tertiary/aromatic N) is 4. The number of allylic oxidation sites excluding steroid dienone is 2. The van der Waals surface area contributed by atoms with Crippen LogP contribution in [0.2, 0.25) is 0 Å². The Morgan fingerprint density at radius 2 is 2.03 bits per heavy atom. The molecule has 2 aromatic carbocycles. The van der Waals surface area contributed by atoms with Gasteiger partial charge in [-0.05, 0) is 36.1 Å². The molecule has 2 aliphatic rings. The van der Waals surface area contributed by atoms with E-state index < -0.39 is 16.9 Å². The second-order valence-electron chi connectivity index (χ2n) is 8.00. The van der Waals surface area contributed by atoms with Gasteiger partial charge in [-0.15, -0.1) is 5.10 Å². The number of carboxylic acids is 1. The molecule has 0 amide bonds. The molecule has 1 atom stereocenters. The number of benzene rings is 2. The maximum absolute atomic E-state index is 12.9. The van der Waals surface area contributed by atoms with Crippen molar-refractivity contribution in [3.63, 3.8) is 0 Å². The molecule has 0 saturated carbocycles. The number of carbonyl (C=O) groups excluding carboxylic acids is 1. The van der Waals surface area contributed by atoms with Gasteiger partial charge in [-0.3, -0.25) is 14.9 Å². The first-order chi connectivity index (χ1) is 16.4. The van der Waals surface area contributed by atoms with Crippen LogP contribution in [0.4, 0.5) is 11.6 Å². The average Bonchev–Trinajstić information content (AvgIpc) is 3.24. The van der Waals surface area contributed by atoms with Crippen LogP contribution in [0.15, 0.2) is 65.0 Å². The average molecular weight is 478 g/mol. The molecule has 1 aliphatic carbocycles. The first-order valence-corrected chi connectivity index (χ1v) is 11.6. The quantitative estimate of drug-likeness (QED) is 0.303. The molecular weight excluding hydrogens is 458 g/mol. The van der Waals surface area contributed by atoms with Gasteiger partial charge >= 0.3 is 5.97 Å². The Kier molecular flexibility index (Phi) is 5.62. The summed E-state index contributed by atoms with van der Waals surface area (Å²) >= 11 is 1.38. The van der Waals surface area contributed by atoms with Gasteiger partial charge in [-0.1, -0.05) is 36.0 Å². The summed E-state index contributed by atoms with van der Waals surface area (Å²) < 4.78 is 1.62. The van der Waals surface area contributed by atoms with Crippen molar-refractivity contribution in [3.8, 4) is 0 Å². The lowest BCUT2D eigenvalue weighted by Crippen LogP contribution is -2.31. The summed E-state index contributed by atoms with van der Waals surface area (Å²) in [5.41, 5.74) is 3.04. The van der Waals surface area contributed by atoms with Crippen LogP contribution in [0.3, 0.4) is 0 Å². The van der Waals surface area contributed by atoms with E-state index in [0.717, 1.165) is 17.7 Å². The van der Waals surface area contributed by atoms with E-state index in [4.69, 9.17) is 5.11 Å². The van der Waals surface area contributed by atoms with E-state index in [-0.39, 0.29) is 17.0 Å². The van der Waals surface area contributed by atoms with Gasteiger partial charge in [0.1, 0.15) is 6.04 Å². The summed E-state index contributed by atoms with van der Waals surface area (Å²) in [6.07, 6.45) is 1.84. The second kappa shape index (κ2) is 8.75. The molecule has 0 unspecified atom stereocenters. The highest BCUT2D eigenvalue weighted by Gasteiger charge is 2.37. The zero-order valence-electron chi connectivity index (χ0n) is 17.8. The zero-order chi connectivity index (χ0) is 23.8. The number of ketones is 1. The molecule has 5 rings (SSSR count). The summed E-state index contributed by atoms with van der Waals surface area (Å²) in [7, 11) is 0. The Morgan fingerprint density at radius 3 is 2.76 bits per heavy atom. The van der Waals surface area contributed by atoms with Crippen molar-refractivity contribution < 1.29 is 19.6 Å². The number of nitro benzene ring substituents is 1. The molecule has 2 N–H and O–H groups in total. The Labute approximate surface area is 197 Å². The SMILES string of the molecule is O=C1CCCC2=C1[C@@H](c1cccc([N+](=O)[O-])c1)n1nc(SCc3ccc(C(=O)O)cc3)nc1N2. The largest absolute Gasteiger partial charge is 0.478 e. The molecule has 1 aromatic heterocycles. The highest BCUT2D eigenvalue weighted by atomic mass is 32.2. The van der Waals surface area contributed by atoms with Crippen LogP contribution in [0.5, 0.6) is 0 Å². The first-order valence-electron chi connectivity index (χ1n) is 10.6. The number of nitro groups is 1. The number of nitrogens with one attached hydrogen (secondary N) is 1. The van der Waals surface area contributed by atoms with E-state index in [1.165, 1.54) is 23.9 Å². The van der Waals surface area contributed by atoms with Crippen LogP contribution in [0.25, 0.3) is 0 Å². The maximum Gasteiger partial charge on any atom is 0.335 e. The van der Waals surface area contributed by atoms with E-state index in [9.17, 15) is 19.7 Å². The fourth-order valence-corrected chi connectivity index (χ4v) is 4.99. The van der Waals surface area contributed by atoms with Crippen molar-refractivity contribution in [2.45, 2.75) is 36.2 Å². The molecular formula is C23H19N5O5S.